The number of allylic oxidation sites excluding steroid dienone is 1. The Hall–Kier alpha value is -1.08. The van der Waals surface area contributed by atoms with Gasteiger partial charge >= 0.3 is 5.97 Å². The van der Waals surface area contributed by atoms with E-state index in [1.807, 2.05) is 6.92 Å². The van der Waals surface area contributed by atoms with Crippen LogP contribution < -0.4 is 0 Å². The molecular formula is C17H31NO5S. The van der Waals surface area contributed by atoms with Crippen molar-refractivity contribution in [3.63, 3.8) is 0 Å². The number of hydrogen-bond donors (Lipinski definition) is 0. The third-order valence-electron chi connectivity index (χ3n) is 4.03. The van der Waals surface area contributed by atoms with Crippen LogP contribution in [0.4, 0.5) is 0 Å². The zero-order chi connectivity index (χ0) is 18.2. The molecule has 0 aromatic rings. The first-order chi connectivity index (χ1) is 11.3. The number of nitrogens with zero attached hydrogens (tertiary/aromatic N) is 1. The number of rotatable bonds is 10. The van der Waals surface area contributed by atoms with E-state index in [-0.39, 0.29) is 18.2 Å². The number of sulfonamides is 1. The summed E-state index contributed by atoms with van der Waals surface area (Å²) in [6.45, 7) is 6.27. The molecule has 24 heavy (non-hydrogen) atoms. The molecule has 0 bridgehead atoms. The first-order valence-corrected chi connectivity index (χ1v) is 10.7. The molecule has 140 valence electrons. The van der Waals surface area contributed by atoms with Gasteiger partial charge in [-0.1, -0.05) is 32.6 Å². The zero-order valence-corrected chi connectivity index (χ0v) is 16.1. The maximum absolute atomic E-state index is 12.3. The first kappa shape index (κ1) is 21.0. The molecule has 0 amide bonds. The maximum Gasteiger partial charge on any atom is 0.355 e. The lowest BCUT2D eigenvalue weighted by atomic mass is 9.93. The summed E-state index contributed by atoms with van der Waals surface area (Å²) < 4.78 is 36.2. The Morgan fingerprint density at radius 3 is 2.46 bits per heavy atom. The molecule has 1 aliphatic heterocycles. The van der Waals surface area contributed by atoms with Crippen molar-refractivity contribution in [2.45, 2.75) is 65.5 Å². The van der Waals surface area contributed by atoms with Crippen molar-refractivity contribution in [2.24, 2.45) is 5.92 Å². The molecule has 0 aromatic carbocycles. The van der Waals surface area contributed by atoms with Crippen molar-refractivity contribution in [2.75, 3.05) is 19.5 Å². The monoisotopic (exact) mass is 361 g/mol. The van der Waals surface area contributed by atoms with Crippen molar-refractivity contribution >= 4 is 16.0 Å². The van der Waals surface area contributed by atoms with Crippen LogP contribution in [0.5, 0.6) is 0 Å². The number of carbonyl (C=O) groups excluding carboxylic acids is 1. The van der Waals surface area contributed by atoms with Gasteiger partial charge in [0, 0.05) is 6.61 Å². The van der Waals surface area contributed by atoms with Crippen molar-refractivity contribution in [1.29, 1.82) is 0 Å². The predicted molar refractivity (Wildman–Crippen MR) is 93.7 cm³/mol. The van der Waals surface area contributed by atoms with E-state index >= 15 is 0 Å². The molecule has 0 aliphatic carbocycles. The van der Waals surface area contributed by atoms with E-state index in [0.717, 1.165) is 36.2 Å². The van der Waals surface area contributed by atoms with E-state index in [4.69, 9.17) is 9.47 Å². The number of esters is 1. The van der Waals surface area contributed by atoms with Crippen molar-refractivity contribution in [3.05, 3.63) is 11.8 Å². The van der Waals surface area contributed by atoms with Crippen LogP contribution in [0, 0.1) is 5.92 Å². The van der Waals surface area contributed by atoms with E-state index in [9.17, 15) is 13.2 Å². The second-order valence-corrected chi connectivity index (χ2v) is 7.95. The Balaban J connectivity index is 3.04. The molecule has 0 N–H and O–H groups in total. The molecule has 0 spiro atoms. The molecule has 1 rings (SSSR count). The quantitative estimate of drug-likeness (QED) is 0.442. The Bertz CT molecular complexity index is 529. The van der Waals surface area contributed by atoms with E-state index in [2.05, 4.69) is 6.92 Å². The Kier molecular flexibility index (Phi) is 8.76. The number of carbonyl (C=O) groups is 1. The number of unbranched alkanes of at least 4 members (excludes halogenated alkanes) is 3. The van der Waals surface area contributed by atoms with Crippen LogP contribution in [-0.4, -0.2) is 44.4 Å². The average Bonchev–Trinajstić information content (AvgIpc) is 2.50. The summed E-state index contributed by atoms with van der Waals surface area (Å²) in [7, 11) is -3.62. The van der Waals surface area contributed by atoms with E-state index in [1.54, 1.807) is 13.0 Å². The smallest absolute Gasteiger partial charge is 0.355 e. The highest BCUT2D eigenvalue weighted by Gasteiger charge is 2.38. The molecule has 2 unspecified atom stereocenters. The molecule has 6 nitrogen and oxygen atoms in total. The molecule has 0 saturated heterocycles. The molecule has 0 saturated carbocycles. The molecule has 1 heterocycles. The van der Waals surface area contributed by atoms with Crippen LogP contribution in [-0.2, 0) is 24.3 Å². The normalized spacial score (nSPS) is 21.5. The maximum atomic E-state index is 12.3. The van der Waals surface area contributed by atoms with Crippen LogP contribution in [0.2, 0.25) is 0 Å². The SMILES string of the molecule is CCCCCCC1C=C(C(=O)OCC)N(S(C)(=O)=O)C(OCC)C1. The van der Waals surface area contributed by atoms with Crippen LogP contribution in [0.15, 0.2) is 11.8 Å². The van der Waals surface area contributed by atoms with Gasteiger partial charge in [-0.25, -0.2) is 17.5 Å². The summed E-state index contributed by atoms with van der Waals surface area (Å²) in [6, 6.07) is 0. The molecule has 0 radical (unpaired) electrons. The summed E-state index contributed by atoms with van der Waals surface area (Å²) in [5.41, 5.74) is 0.0875. The fraction of sp³-hybridized carbons (Fsp3) is 0.824. The minimum absolute atomic E-state index is 0.0875. The minimum atomic E-state index is -3.62. The summed E-state index contributed by atoms with van der Waals surface area (Å²) in [4.78, 5) is 12.3. The zero-order valence-electron chi connectivity index (χ0n) is 15.3. The molecule has 0 aromatic heterocycles. The predicted octanol–water partition coefficient (Wildman–Crippen LogP) is 3.05. The van der Waals surface area contributed by atoms with Gasteiger partial charge in [0.25, 0.3) is 0 Å². The summed E-state index contributed by atoms with van der Waals surface area (Å²) in [5.74, 6) is -0.485. The van der Waals surface area contributed by atoms with Gasteiger partial charge in [0.2, 0.25) is 10.0 Å². The largest absolute Gasteiger partial charge is 0.461 e. The second-order valence-electron chi connectivity index (χ2n) is 6.09. The highest BCUT2D eigenvalue weighted by molar-refractivity contribution is 7.88. The van der Waals surface area contributed by atoms with Crippen molar-refractivity contribution < 1.29 is 22.7 Å². The summed E-state index contributed by atoms with van der Waals surface area (Å²) in [5, 5.41) is 0. The average molecular weight is 362 g/mol. The Labute approximate surface area is 146 Å². The van der Waals surface area contributed by atoms with Gasteiger partial charge in [0.15, 0.2) is 0 Å². The lowest BCUT2D eigenvalue weighted by Crippen LogP contribution is -2.46. The second kappa shape index (κ2) is 10.0. The summed E-state index contributed by atoms with van der Waals surface area (Å²) >= 11 is 0. The molecular weight excluding hydrogens is 330 g/mol. The topological polar surface area (TPSA) is 72.9 Å². The standard InChI is InChI=1S/C17H31NO5S/c1-5-8-9-10-11-14-12-15(17(19)23-7-3)18(24(4,20)21)16(13-14)22-6-2/h12,14,16H,5-11,13H2,1-4H3. The fourth-order valence-electron chi connectivity index (χ4n) is 2.99. The van der Waals surface area contributed by atoms with Gasteiger partial charge in [-0.2, -0.15) is 0 Å². The summed E-state index contributed by atoms with van der Waals surface area (Å²) in [6.07, 6.45) is 8.23. The molecule has 2 atom stereocenters. The van der Waals surface area contributed by atoms with Crippen molar-refractivity contribution in [1.82, 2.24) is 4.31 Å². The first-order valence-electron chi connectivity index (χ1n) is 8.85. The van der Waals surface area contributed by atoms with Crippen LogP contribution >= 0.6 is 0 Å². The fourth-order valence-corrected chi connectivity index (χ4v) is 4.06. The van der Waals surface area contributed by atoms with E-state index in [0.29, 0.717) is 13.0 Å². The highest BCUT2D eigenvalue weighted by atomic mass is 32.2. The van der Waals surface area contributed by atoms with Gasteiger partial charge in [-0.15, -0.1) is 0 Å². The van der Waals surface area contributed by atoms with Gasteiger partial charge in [-0.05, 0) is 38.7 Å². The van der Waals surface area contributed by atoms with Crippen molar-refractivity contribution in [3.8, 4) is 0 Å². The van der Waals surface area contributed by atoms with Gasteiger partial charge in [0.05, 0.1) is 12.9 Å². The molecule has 7 heteroatoms. The van der Waals surface area contributed by atoms with E-state index in [1.165, 1.54) is 6.42 Å². The van der Waals surface area contributed by atoms with Crippen LogP contribution in [0.3, 0.4) is 0 Å². The highest BCUT2D eigenvalue weighted by Crippen LogP contribution is 2.32. The molecule has 0 fully saturated rings. The number of ether oxygens (including phenoxy) is 2. The van der Waals surface area contributed by atoms with Crippen LogP contribution in [0.25, 0.3) is 0 Å². The van der Waals surface area contributed by atoms with E-state index < -0.39 is 22.2 Å². The lowest BCUT2D eigenvalue weighted by molar-refractivity contribution is -0.142. The molecule has 1 aliphatic rings. The lowest BCUT2D eigenvalue weighted by Gasteiger charge is -2.37. The number of hydrogen-bond acceptors (Lipinski definition) is 5. The Morgan fingerprint density at radius 1 is 1.21 bits per heavy atom. The van der Waals surface area contributed by atoms with Gasteiger partial charge < -0.3 is 9.47 Å². The van der Waals surface area contributed by atoms with Crippen LogP contribution in [0.1, 0.15) is 59.3 Å². The third kappa shape index (κ3) is 6.09. The minimum Gasteiger partial charge on any atom is -0.461 e. The Morgan fingerprint density at radius 2 is 1.92 bits per heavy atom. The van der Waals surface area contributed by atoms with Gasteiger partial charge in [0.1, 0.15) is 11.9 Å². The third-order valence-corrected chi connectivity index (χ3v) is 5.17. The van der Waals surface area contributed by atoms with Gasteiger partial charge in [-0.3, -0.25) is 0 Å².